The van der Waals surface area contributed by atoms with Gasteiger partial charge < -0.3 is 8.85 Å². The summed E-state index contributed by atoms with van der Waals surface area (Å²) in [6, 6.07) is 1.91. The summed E-state index contributed by atoms with van der Waals surface area (Å²) in [4.78, 5) is 0. The Balaban J connectivity index is 4.15. The summed E-state index contributed by atoms with van der Waals surface area (Å²) in [6.45, 7) is 11.6. The fourth-order valence-corrected chi connectivity index (χ4v) is 3.84. The summed E-state index contributed by atoms with van der Waals surface area (Å²) in [5.74, 6) is 0. The molecule has 0 aromatic heterocycles. The molecule has 78 valence electrons. The largest absolute Gasteiger partial charge is 0.394 e. The molecule has 0 heterocycles. The van der Waals surface area contributed by atoms with E-state index in [4.69, 9.17) is 8.85 Å². The van der Waals surface area contributed by atoms with Gasteiger partial charge in [0.15, 0.2) is 0 Å². The lowest BCUT2D eigenvalue weighted by Gasteiger charge is -2.28. The quantitative estimate of drug-likeness (QED) is 0.445. The monoisotopic (exact) mass is 202 g/mol. The van der Waals surface area contributed by atoms with Crippen molar-refractivity contribution in [3.05, 3.63) is 12.7 Å². The summed E-state index contributed by atoms with van der Waals surface area (Å²) in [6.07, 6.45) is 2.97. The van der Waals surface area contributed by atoms with E-state index in [1.165, 1.54) is 0 Å². The molecule has 1 unspecified atom stereocenters. The van der Waals surface area contributed by atoms with Crippen LogP contribution in [-0.2, 0) is 8.85 Å². The third kappa shape index (κ3) is 4.60. The van der Waals surface area contributed by atoms with Crippen molar-refractivity contribution in [2.24, 2.45) is 0 Å². The van der Waals surface area contributed by atoms with Crippen LogP contribution in [0.3, 0.4) is 0 Å². The molecule has 0 radical (unpaired) electrons. The third-order valence-corrected chi connectivity index (χ3v) is 5.50. The first-order valence-corrected chi connectivity index (χ1v) is 7.36. The molecule has 0 amide bonds. The molecule has 2 nitrogen and oxygen atoms in total. The zero-order valence-electron chi connectivity index (χ0n) is 9.14. The Kier molecular flexibility index (Phi) is 7.23. The van der Waals surface area contributed by atoms with Crippen LogP contribution in [0.15, 0.2) is 12.7 Å². The predicted octanol–water partition coefficient (Wildman–Crippen LogP) is 3.10. The van der Waals surface area contributed by atoms with Crippen LogP contribution in [0, 0.1) is 0 Å². The van der Waals surface area contributed by atoms with Crippen molar-refractivity contribution in [1.82, 2.24) is 0 Å². The van der Waals surface area contributed by atoms with Crippen molar-refractivity contribution in [3.8, 4) is 0 Å². The maximum Gasteiger partial charge on any atom is 0.341 e. The minimum atomic E-state index is -1.91. The Labute approximate surface area is 83.2 Å². The molecule has 0 aromatic rings. The highest BCUT2D eigenvalue weighted by Gasteiger charge is 2.33. The van der Waals surface area contributed by atoms with E-state index in [-0.39, 0.29) is 0 Å². The molecule has 1 atom stereocenters. The van der Waals surface area contributed by atoms with Gasteiger partial charge in [-0.3, -0.25) is 0 Å². The van der Waals surface area contributed by atoms with Gasteiger partial charge in [-0.25, -0.2) is 0 Å². The summed E-state index contributed by atoms with van der Waals surface area (Å²) in [5, 5.41) is 0. The van der Waals surface area contributed by atoms with Crippen LogP contribution in [0.4, 0.5) is 0 Å². The second kappa shape index (κ2) is 7.30. The molecule has 13 heavy (non-hydrogen) atoms. The molecule has 3 heteroatoms. The van der Waals surface area contributed by atoms with Crippen molar-refractivity contribution in [2.75, 3.05) is 13.2 Å². The Hall–Kier alpha value is -0.123. The number of hydrogen-bond acceptors (Lipinski definition) is 2. The van der Waals surface area contributed by atoms with Crippen LogP contribution in [0.1, 0.15) is 27.2 Å². The smallest absolute Gasteiger partial charge is 0.341 e. The SMILES string of the molecule is C=CC[Si](CC)(OCC)OCCC. The van der Waals surface area contributed by atoms with Crippen LogP contribution in [-0.4, -0.2) is 21.8 Å². The van der Waals surface area contributed by atoms with Crippen molar-refractivity contribution >= 4 is 8.56 Å². The minimum absolute atomic E-state index is 0.748. The third-order valence-electron chi connectivity index (χ3n) is 1.97. The molecule has 0 aliphatic heterocycles. The number of hydrogen-bond donors (Lipinski definition) is 0. The Morgan fingerprint density at radius 1 is 1.23 bits per heavy atom. The van der Waals surface area contributed by atoms with Crippen LogP contribution >= 0.6 is 0 Å². The average molecular weight is 202 g/mol. The fraction of sp³-hybridized carbons (Fsp3) is 0.800. The Morgan fingerprint density at radius 2 is 1.92 bits per heavy atom. The van der Waals surface area contributed by atoms with Gasteiger partial charge in [0.2, 0.25) is 0 Å². The molecular formula is C10H22O2Si. The molecule has 0 rings (SSSR count). The maximum absolute atomic E-state index is 5.85. The van der Waals surface area contributed by atoms with Gasteiger partial charge in [0.1, 0.15) is 0 Å². The molecule has 0 aliphatic carbocycles. The summed E-state index contributed by atoms with van der Waals surface area (Å²) >= 11 is 0. The van der Waals surface area contributed by atoms with Gasteiger partial charge in [0.25, 0.3) is 0 Å². The Bertz CT molecular complexity index is 139. The molecule has 0 fully saturated rings. The summed E-state index contributed by atoms with van der Waals surface area (Å²) in [7, 11) is -1.91. The maximum atomic E-state index is 5.85. The van der Waals surface area contributed by atoms with Crippen molar-refractivity contribution in [2.45, 2.75) is 39.3 Å². The highest BCUT2D eigenvalue weighted by molar-refractivity contribution is 6.67. The molecule has 0 bridgehead atoms. The van der Waals surface area contributed by atoms with E-state index >= 15 is 0 Å². The van der Waals surface area contributed by atoms with Gasteiger partial charge in [-0.1, -0.05) is 19.9 Å². The molecule has 0 saturated heterocycles. The average Bonchev–Trinajstić information content (AvgIpc) is 2.15. The Morgan fingerprint density at radius 3 is 2.31 bits per heavy atom. The summed E-state index contributed by atoms with van der Waals surface area (Å²) in [5.41, 5.74) is 0. The minimum Gasteiger partial charge on any atom is -0.394 e. The van der Waals surface area contributed by atoms with Crippen molar-refractivity contribution in [3.63, 3.8) is 0 Å². The molecular weight excluding hydrogens is 180 g/mol. The topological polar surface area (TPSA) is 18.5 Å². The first-order chi connectivity index (χ1) is 6.24. The normalized spacial score (nSPS) is 15.3. The van der Waals surface area contributed by atoms with Crippen molar-refractivity contribution < 1.29 is 8.85 Å². The van der Waals surface area contributed by atoms with Gasteiger partial charge in [0.05, 0.1) is 0 Å². The van der Waals surface area contributed by atoms with E-state index in [9.17, 15) is 0 Å². The van der Waals surface area contributed by atoms with Gasteiger partial charge >= 0.3 is 8.56 Å². The van der Waals surface area contributed by atoms with E-state index in [0.717, 1.165) is 31.7 Å². The highest BCUT2D eigenvalue weighted by Crippen LogP contribution is 2.19. The fourth-order valence-electron chi connectivity index (χ4n) is 1.28. The molecule has 0 aliphatic rings. The van der Waals surface area contributed by atoms with Crippen LogP contribution in [0.5, 0.6) is 0 Å². The first-order valence-electron chi connectivity index (χ1n) is 5.13. The molecule has 0 N–H and O–H groups in total. The van der Waals surface area contributed by atoms with E-state index in [1.807, 2.05) is 13.0 Å². The summed E-state index contributed by atoms with van der Waals surface area (Å²) < 4.78 is 11.6. The van der Waals surface area contributed by atoms with Crippen LogP contribution in [0.25, 0.3) is 0 Å². The molecule has 0 spiro atoms. The standard InChI is InChI=1S/C10H22O2Si/c1-5-9-12-13(8-4,10-6-2)11-7-3/h6H,2,5,7-10H2,1,3-4H3. The molecule has 0 aromatic carbocycles. The second-order valence-corrected chi connectivity index (χ2v) is 6.55. The van der Waals surface area contributed by atoms with E-state index < -0.39 is 8.56 Å². The predicted molar refractivity (Wildman–Crippen MR) is 59.1 cm³/mol. The van der Waals surface area contributed by atoms with Gasteiger partial charge in [-0.2, -0.15) is 0 Å². The van der Waals surface area contributed by atoms with Gasteiger partial charge in [0, 0.05) is 19.3 Å². The number of allylic oxidation sites excluding steroid dienone is 1. The highest BCUT2D eigenvalue weighted by atomic mass is 28.4. The van der Waals surface area contributed by atoms with E-state index in [0.29, 0.717) is 0 Å². The van der Waals surface area contributed by atoms with Crippen LogP contribution < -0.4 is 0 Å². The van der Waals surface area contributed by atoms with Gasteiger partial charge in [-0.05, 0) is 19.4 Å². The van der Waals surface area contributed by atoms with Crippen LogP contribution in [0.2, 0.25) is 12.1 Å². The van der Waals surface area contributed by atoms with E-state index in [2.05, 4.69) is 20.4 Å². The lowest BCUT2D eigenvalue weighted by atomic mass is 10.5. The van der Waals surface area contributed by atoms with Gasteiger partial charge in [-0.15, -0.1) is 6.58 Å². The second-order valence-electron chi connectivity index (χ2n) is 3.04. The lowest BCUT2D eigenvalue weighted by Crippen LogP contribution is -2.41. The number of rotatable bonds is 8. The molecule has 0 saturated carbocycles. The van der Waals surface area contributed by atoms with Crippen molar-refractivity contribution in [1.29, 1.82) is 0 Å². The van der Waals surface area contributed by atoms with E-state index in [1.54, 1.807) is 0 Å². The lowest BCUT2D eigenvalue weighted by molar-refractivity contribution is 0.178. The first kappa shape index (κ1) is 12.9. The zero-order chi connectivity index (χ0) is 10.2. The zero-order valence-corrected chi connectivity index (χ0v) is 10.1.